The van der Waals surface area contributed by atoms with Gasteiger partial charge < -0.3 is 10.5 Å². The number of hydrogen-bond acceptors (Lipinski definition) is 4. The third kappa shape index (κ3) is 3.61. The first-order valence-electron chi connectivity index (χ1n) is 6.44. The molecule has 2 N–H and O–H groups in total. The quantitative estimate of drug-likeness (QED) is 0.831. The Hall–Kier alpha value is -1.79. The van der Waals surface area contributed by atoms with Crippen LogP contribution in [-0.2, 0) is 20.7 Å². The zero-order valence-electron chi connectivity index (χ0n) is 11.0. The summed E-state index contributed by atoms with van der Waals surface area (Å²) in [6.07, 6.45) is 0.00944. The van der Waals surface area contributed by atoms with Crippen LogP contribution in [0.15, 0.2) is 24.3 Å². The zero-order valence-corrected chi connectivity index (χ0v) is 11.0. The Balaban J connectivity index is 1.96. The molecular weight excluding hydrogens is 263 g/mol. The second kappa shape index (κ2) is 6.58. The molecule has 0 aromatic heterocycles. The lowest BCUT2D eigenvalue weighted by atomic mass is 10.1. The molecule has 1 aromatic rings. The number of benzene rings is 1. The number of amides is 1. The fourth-order valence-corrected chi connectivity index (χ4v) is 2.23. The average Bonchev–Trinajstić information content (AvgIpc) is 2.41. The molecule has 0 bridgehead atoms. The highest BCUT2D eigenvalue weighted by Crippen LogP contribution is 2.10. The number of halogens is 1. The van der Waals surface area contributed by atoms with Crippen LogP contribution in [0, 0.1) is 5.82 Å². The SMILES string of the molecule is NC(=O)C1COCCN1CC(=O)Cc1ccccc1F. The Morgan fingerprint density at radius 3 is 2.85 bits per heavy atom. The lowest BCUT2D eigenvalue weighted by Gasteiger charge is -2.32. The fourth-order valence-electron chi connectivity index (χ4n) is 2.23. The van der Waals surface area contributed by atoms with Crippen LogP contribution in [-0.4, -0.2) is 48.9 Å². The van der Waals surface area contributed by atoms with Crippen molar-refractivity contribution in [2.45, 2.75) is 12.5 Å². The number of Topliss-reactive ketones (excluding diaryl/α,β-unsaturated/α-hetero) is 1. The minimum absolute atomic E-state index is 0.00944. The van der Waals surface area contributed by atoms with Gasteiger partial charge in [-0.1, -0.05) is 18.2 Å². The van der Waals surface area contributed by atoms with E-state index < -0.39 is 17.8 Å². The Labute approximate surface area is 116 Å². The summed E-state index contributed by atoms with van der Waals surface area (Å²) in [6, 6.07) is 5.58. The van der Waals surface area contributed by atoms with Gasteiger partial charge in [0.1, 0.15) is 11.9 Å². The molecule has 1 aliphatic heterocycles. The van der Waals surface area contributed by atoms with Crippen LogP contribution in [0.3, 0.4) is 0 Å². The molecule has 1 atom stereocenters. The van der Waals surface area contributed by atoms with Gasteiger partial charge in [0.15, 0.2) is 5.78 Å². The molecule has 108 valence electrons. The number of carbonyl (C=O) groups excluding carboxylic acids is 2. The van der Waals surface area contributed by atoms with Crippen LogP contribution in [0.5, 0.6) is 0 Å². The van der Waals surface area contributed by atoms with E-state index in [1.165, 1.54) is 6.07 Å². The van der Waals surface area contributed by atoms with Gasteiger partial charge in [-0.15, -0.1) is 0 Å². The zero-order chi connectivity index (χ0) is 14.5. The monoisotopic (exact) mass is 280 g/mol. The van der Waals surface area contributed by atoms with E-state index in [0.29, 0.717) is 18.7 Å². The third-order valence-electron chi connectivity index (χ3n) is 3.29. The topological polar surface area (TPSA) is 72.6 Å². The molecule has 0 radical (unpaired) electrons. The van der Waals surface area contributed by atoms with Gasteiger partial charge in [-0.05, 0) is 11.6 Å². The highest BCUT2D eigenvalue weighted by Gasteiger charge is 2.29. The summed E-state index contributed by atoms with van der Waals surface area (Å²) in [5.41, 5.74) is 5.64. The first-order chi connectivity index (χ1) is 9.58. The van der Waals surface area contributed by atoms with E-state index in [0.717, 1.165) is 0 Å². The lowest BCUT2D eigenvalue weighted by molar-refractivity contribution is -0.132. The molecule has 1 aliphatic rings. The van der Waals surface area contributed by atoms with E-state index in [4.69, 9.17) is 10.5 Å². The van der Waals surface area contributed by atoms with Crippen LogP contribution < -0.4 is 5.73 Å². The van der Waals surface area contributed by atoms with Crippen LogP contribution in [0.4, 0.5) is 4.39 Å². The Bertz CT molecular complexity index is 507. The fraction of sp³-hybridized carbons (Fsp3) is 0.429. The van der Waals surface area contributed by atoms with Crippen molar-refractivity contribution < 1.29 is 18.7 Å². The van der Waals surface area contributed by atoms with Crippen molar-refractivity contribution in [1.82, 2.24) is 4.90 Å². The molecule has 1 heterocycles. The van der Waals surface area contributed by atoms with E-state index in [2.05, 4.69) is 0 Å². The van der Waals surface area contributed by atoms with Gasteiger partial charge in [-0.2, -0.15) is 0 Å². The standard InChI is InChI=1S/C14H17FN2O3/c15-12-4-2-1-3-10(12)7-11(18)8-17-5-6-20-9-13(17)14(16)19/h1-4,13H,5-9H2,(H2,16,19). The summed E-state index contributed by atoms with van der Waals surface area (Å²) in [7, 11) is 0. The van der Waals surface area contributed by atoms with E-state index in [1.54, 1.807) is 23.1 Å². The normalized spacial score (nSPS) is 19.8. The predicted octanol–water partition coefficient (Wildman–Crippen LogP) is 0.123. The van der Waals surface area contributed by atoms with Crippen molar-refractivity contribution in [2.24, 2.45) is 5.73 Å². The summed E-state index contributed by atoms with van der Waals surface area (Å²) in [4.78, 5) is 25.0. The van der Waals surface area contributed by atoms with Crippen molar-refractivity contribution in [3.63, 3.8) is 0 Å². The second-order valence-electron chi connectivity index (χ2n) is 4.77. The summed E-state index contributed by atoms with van der Waals surface area (Å²) >= 11 is 0. The lowest BCUT2D eigenvalue weighted by Crippen LogP contribution is -2.54. The summed E-state index contributed by atoms with van der Waals surface area (Å²) in [6.45, 7) is 1.20. The molecule has 0 saturated carbocycles. The maximum Gasteiger partial charge on any atom is 0.237 e. The number of ketones is 1. The van der Waals surface area contributed by atoms with Gasteiger partial charge in [0, 0.05) is 13.0 Å². The minimum Gasteiger partial charge on any atom is -0.378 e. The van der Waals surface area contributed by atoms with E-state index in [9.17, 15) is 14.0 Å². The largest absolute Gasteiger partial charge is 0.378 e. The molecule has 20 heavy (non-hydrogen) atoms. The van der Waals surface area contributed by atoms with Crippen molar-refractivity contribution in [2.75, 3.05) is 26.3 Å². The van der Waals surface area contributed by atoms with Crippen molar-refractivity contribution in [1.29, 1.82) is 0 Å². The maximum absolute atomic E-state index is 13.5. The van der Waals surface area contributed by atoms with Crippen molar-refractivity contribution in [3.8, 4) is 0 Å². The molecule has 1 fully saturated rings. The molecule has 0 aliphatic carbocycles. The summed E-state index contributed by atoms with van der Waals surface area (Å²) in [5.74, 6) is -1.05. The smallest absolute Gasteiger partial charge is 0.237 e. The first kappa shape index (κ1) is 14.6. The summed E-state index contributed by atoms with van der Waals surface area (Å²) < 4.78 is 18.7. The molecular formula is C14H17FN2O3. The third-order valence-corrected chi connectivity index (χ3v) is 3.29. The maximum atomic E-state index is 13.5. The van der Waals surface area contributed by atoms with Crippen molar-refractivity contribution in [3.05, 3.63) is 35.6 Å². The number of nitrogens with zero attached hydrogens (tertiary/aromatic N) is 1. The number of rotatable bonds is 5. The number of carbonyl (C=O) groups is 2. The molecule has 1 aromatic carbocycles. The Morgan fingerprint density at radius 1 is 1.40 bits per heavy atom. The molecule has 1 saturated heterocycles. The van der Waals surface area contributed by atoms with Crippen LogP contribution in [0.2, 0.25) is 0 Å². The van der Waals surface area contributed by atoms with Crippen LogP contribution in [0.25, 0.3) is 0 Å². The average molecular weight is 280 g/mol. The van der Waals surface area contributed by atoms with Gasteiger partial charge in [-0.25, -0.2) is 4.39 Å². The molecule has 1 amide bonds. The van der Waals surface area contributed by atoms with Crippen LogP contribution >= 0.6 is 0 Å². The van der Waals surface area contributed by atoms with Crippen LogP contribution in [0.1, 0.15) is 5.56 Å². The molecule has 5 nitrogen and oxygen atoms in total. The first-order valence-corrected chi connectivity index (χ1v) is 6.44. The highest BCUT2D eigenvalue weighted by molar-refractivity contribution is 5.85. The Morgan fingerprint density at radius 2 is 2.15 bits per heavy atom. The minimum atomic E-state index is -0.590. The second-order valence-corrected chi connectivity index (χ2v) is 4.77. The molecule has 2 rings (SSSR count). The van der Waals surface area contributed by atoms with Gasteiger partial charge >= 0.3 is 0 Å². The van der Waals surface area contributed by atoms with E-state index in [-0.39, 0.29) is 25.4 Å². The number of nitrogens with two attached hydrogens (primary N) is 1. The number of primary amides is 1. The Kier molecular flexibility index (Phi) is 4.81. The summed E-state index contributed by atoms with van der Waals surface area (Å²) in [5, 5.41) is 0. The van der Waals surface area contributed by atoms with Gasteiger partial charge in [0.05, 0.1) is 19.8 Å². The van der Waals surface area contributed by atoms with Gasteiger partial charge in [0.25, 0.3) is 0 Å². The number of hydrogen-bond donors (Lipinski definition) is 1. The molecule has 0 spiro atoms. The number of morpholine rings is 1. The van der Waals surface area contributed by atoms with E-state index >= 15 is 0 Å². The highest BCUT2D eigenvalue weighted by atomic mass is 19.1. The van der Waals surface area contributed by atoms with Crippen molar-refractivity contribution >= 4 is 11.7 Å². The van der Waals surface area contributed by atoms with Gasteiger partial charge in [0.2, 0.25) is 5.91 Å². The number of ether oxygens (including phenoxy) is 1. The molecule has 1 unspecified atom stereocenters. The predicted molar refractivity (Wildman–Crippen MR) is 70.5 cm³/mol. The van der Waals surface area contributed by atoms with Gasteiger partial charge in [-0.3, -0.25) is 14.5 Å². The van der Waals surface area contributed by atoms with E-state index in [1.807, 2.05) is 0 Å². The molecule has 6 heteroatoms.